The summed E-state index contributed by atoms with van der Waals surface area (Å²) in [5, 5.41) is 8.04. The molecule has 2 aromatic carbocycles. The number of sulfonamides is 1. The highest BCUT2D eigenvalue weighted by atomic mass is 32.2. The molecule has 168 valence electrons. The number of H-pyrrole nitrogens is 1. The molecule has 0 aliphatic carbocycles. The van der Waals surface area contributed by atoms with Crippen LogP contribution in [0, 0.1) is 0 Å². The van der Waals surface area contributed by atoms with Gasteiger partial charge in [0.25, 0.3) is 11.5 Å². The number of nitrogens with zero attached hydrogens (tertiary/aromatic N) is 1. The van der Waals surface area contributed by atoms with Crippen LogP contribution in [0.1, 0.15) is 25.6 Å². The summed E-state index contributed by atoms with van der Waals surface area (Å²) in [7, 11) is -3.91. The number of para-hydroxylation sites is 1. The van der Waals surface area contributed by atoms with Crippen LogP contribution in [-0.4, -0.2) is 36.4 Å². The molecule has 0 spiro atoms. The van der Waals surface area contributed by atoms with Gasteiger partial charge >= 0.3 is 5.97 Å². The fourth-order valence-electron chi connectivity index (χ4n) is 2.96. The molecule has 0 aliphatic heterocycles. The monoisotopic (exact) mass is 458 g/mol. The van der Waals surface area contributed by atoms with Gasteiger partial charge in [-0.05, 0) is 43.7 Å². The highest BCUT2D eigenvalue weighted by molar-refractivity contribution is 7.89. The minimum absolute atomic E-state index is 0.0229. The fourth-order valence-corrected chi connectivity index (χ4v) is 3.52. The number of aromatic nitrogens is 2. The summed E-state index contributed by atoms with van der Waals surface area (Å²) < 4.78 is 27.9. The third-order valence-electron chi connectivity index (χ3n) is 4.56. The van der Waals surface area contributed by atoms with Crippen LogP contribution in [0.3, 0.4) is 0 Å². The summed E-state index contributed by atoms with van der Waals surface area (Å²) in [6, 6.07) is 12.4. The van der Waals surface area contributed by atoms with Crippen molar-refractivity contribution in [1.29, 1.82) is 0 Å². The van der Waals surface area contributed by atoms with Gasteiger partial charge in [-0.25, -0.2) is 18.5 Å². The van der Waals surface area contributed by atoms with Crippen LogP contribution in [-0.2, 0) is 30.8 Å². The van der Waals surface area contributed by atoms with Crippen LogP contribution in [0.15, 0.2) is 58.2 Å². The zero-order valence-electron chi connectivity index (χ0n) is 17.2. The van der Waals surface area contributed by atoms with Crippen molar-refractivity contribution in [2.75, 3.05) is 5.32 Å². The number of aryl methyl sites for hydroxylation is 1. The third kappa shape index (κ3) is 5.99. The Balaban J connectivity index is 1.50. The number of rotatable bonds is 8. The van der Waals surface area contributed by atoms with Gasteiger partial charge in [-0.3, -0.25) is 14.4 Å². The van der Waals surface area contributed by atoms with Gasteiger partial charge in [0.2, 0.25) is 10.0 Å². The molecule has 0 bridgehead atoms. The summed E-state index contributed by atoms with van der Waals surface area (Å²) in [5.41, 5.74) is 0.534. The number of carbonyl (C=O) groups excluding carboxylic acids is 2. The third-order valence-corrected chi connectivity index (χ3v) is 5.47. The minimum atomic E-state index is -3.91. The number of hydrogen-bond acceptors (Lipinski definition) is 7. The Labute approximate surface area is 183 Å². The van der Waals surface area contributed by atoms with E-state index in [0.717, 1.165) is 0 Å². The zero-order chi connectivity index (χ0) is 23.3. The van der Waals surface area contributed by atoms with E-state index in [2.05, 4.69) is 15.3 Å². The average molecular weight is 458 g/mol. The maximum absolute atomic E-state index is 12.2. The van der Waals surface area contributed by atoms with Crippen LogP contribution in [0.25, 0.3) is 10.9 Å². The van der Waals surface area contributed by atoms with Crippen molar-refractivity contribution in [1.82, 2.24) is 9.97 Å². The normalized spacial score (nSPS) is 12.3. The van der Waals surface area contributed by atoms with E-state index in [1.165, 1.54) is 31.2 Å². The molecule has 3 rings (SSSR count). The minimum Gasteiger partial charge on any atom is -0.453 e. The molecular formula is C21H22N4O6S. The molecule has 0 fully saturated rings. The lowest BCUT2D eigenvalue weighted by Gasteiger charge is -2.14. The van der Waals surface area contributed by atoms with E-state index in [9.17, 15) is 22.8 Å². The van der Waals surface area contributed by atoms with Crippen molar-refractivity contribution < 1.29 is 22.7 Å². The Kier molecular flexibility index (Phi) is 7.01. The molecule has 0 saturated carbocycles. The van der Waals surface area contributed by atoms with Crippen molar-refractivity contribution >= 4 is 38.5 Å². The van der Waals surface area contributed by atoms with Gasteiger partial charge in [0, 0.05) is 18.5 Å². The number of nitrogens with one attached hydrogen (secondary N) is 2. The summed E-state index contributed by atoms with van der Waals surface area (Å²) >= 11 is 0. The number of ether oxygens (including phenoxy) is 1. The summed E-state index contributed by atoms with van der Waals surface area (Å²) in [6.45, 7) is 1.40. The second-order valence-electron chi connectivity index (χ2n) is 7.08. The molecule has 4 N–H and O–H groups in total. The summed E-state index contributed by atoms with van der Waals surface area (Å²) in [5.74, 6) is -0.749. The van der Waals surface area contributed by atoms with Crippen LogP contribution < -0.4 is 16.0 Å². The number of primary sulfonamides is 1. The second kappa shape index (κ2) is 9.71. The Morgan fingerprint density at radius 2 is 1.94 bits per heavy atom. The SMILES string of the molecule is CC(OC(=O)CCCc1nc2ccccc2c(=O)[nH]1)C(=O)Nc1cccc(S(N)(=O)=O)c1. The predicted octanol–water partition coefficient (Wildman–Crippen LogP) is 1.46. The van der Waals surface area contributed by atoms with E-state index in [1.54, 1.807) is 24.3 Å². The summed E-state index contributed by atoms with van der Waals surface area (Å²) in [4.78, 5) is 43.3. The summed E-state index contributed by atoms with van der Waals surface area (Å²) in [6.07, 6.45) is -0.352. The number of amides is 1. The van der Waals surface area contributed by atoms with E-state index in [-0.39, 0.29) is 22.6 Å². The molecule has 0 aliphatic rings. The molecule has 1 aromatic heterocycles. The highest BCUT2D eigenvalue weighted by Gasteiger charge is 2.19. The number of fused-ring (bicyclic) bond motifs is 1. The molecule has 1 heterocycles. The van der Waals surface area contributed by atoms with Gasteiger partial charge in [0.1, 0.15) is 5.82 Å². The second-order valence-corrected chi connectivity index (χ2v) is 8.64. The number of aromatic amines is 1. The van der Waals surface area contributed by atoms with Crippen molar-refractivity contribution in [2.24, 2.45) is 5.14 Å². The smallest absolute Gasteiger partial charge is 0.306 e. The molecule has 10 nitrogen and oxygen atoms in total. The van der Waals surface area contributed by atoms with Crippen LogP contribution in [0.4, 0.5) is 5.69 Å². The van der Waals surface area contributed by atoms with E-state index in [0.29, 0.717) is 29.6 Å². The Morgan fingerprint density at radius 3 is 2.69 bits per heavy atom. The number of esters is 1. The number of hydrogen-bond donors (Lipinski definition) is 3. The highest BCUT2D eigenvalue weighted by Crippen LogP contribution is 2.15. The lowest BCUT2D eigenvalue weighted by atomic mass is 10.2. The maximum Gasteiger partial charge on any atom is 0.306 e. The van der Waals surface area contributed by atoms with Gasteiger partial charge in [-0.1, -0.05) is 18.2 Å². The largest absolute Gasteiger partial charge is 0.453 e. The van der Waals surface area contributed by atoms with Gasteiger partial charge in [-0.2, -0.15) is 0 Å². The van der Waals surface area contributed by atoms with E-state index in [4.69, 9.17) is 9.88 Å². The maximum atomic E-state index is 12.2. The number of benzene rings is 2. The van der Waals surface area contributed by atoms with Crippen molar-refractivity contribution in [3.63, 3.8) is 0 Å². The molecule has 0 radical (unpaired) electrons. The molecule has 0 saturated heterocycles. The van der Waals surface area contributed by atoms with Crippen LogP contribution in [0.5, 0.6) is 0 Å². The standard InChI is InChI=1S/C21H22N4O6S/c1-13(20(27)23-14-6-4-7-15(12-14)32(22,29)30)31-19(26)11-5-10-18-24-17-9-3-2-8-16(17)21(28)25-18/h2-4,6-9,12-13H,5,10-11H2,1H3,(H,23,27)(H2,22,29,30)(H,24,25,28). The molecule has 32 heavy (non-hydrogen) atoms. The van der Waals surface area contributed by atoms with Gasteiger partial charge in [0.05, 0.1) is 15.8 Å². The molecule has 11 heteroatoms. The predicted molar refractivity (Wildman–Crippen MR) is 117 cm³/mol. The number of carbonyl (C=O) groups is 2. The quantitative estimate of drug-likeness (QED) is 0.431. The van der Waals surface area contributed by atoms with Gasteiger partial charge in [0.15, 0.2) is 6.10 Å². The van der Waals surface area contributed by atoms with Crippen molar-refractivity contribution in [2.45, 2.75) is 37.2 Å². The molecule has 1 unspecified atom stereocenters. The average Bonchev–Trinajstić information content (AvgIpc) is 2.73. The topological polar surface area (TPSA) is 161 Å². The number of nitrogens with two attached hydrogens (primary N) is 1. The van der Waals surface area contributed by atoms with Gasteiger partial charge in [-0.15, -0.1) is 0 Å². The Hall–Kier alpha value is -3.57. The first-order valence-corrected chi connectivity index (χ1v) is 11.3. The van der Waals surface area contributed by atoms with Gasteiger partial charge < -0.3 is 15.0 Å². The number of anilines is 1. The first-order valence-electron chi connectivity index (χ1n) is 9.74. The first-order chi connectivity index (χ1) is 15.1. The van der Waals surface area contributed by atoms with Crippen LogP contribution in [0.2, 0.25) is 0 Å². The zero-order valence-corrected chi connectivity index (χ0v) is 18.0. The molecule has 1 atom stereocenters. The molecule has 3 aromatic rings. The van der Waals surface area contributed by atoms with E-state index in [1.807, 2.05) is 0 Å². The van der Waals surface area contributed by atoms with Crippen molar-refractivity contribution in [3.05, 3.63) is 64.7 Å². The lowest BCUT2D eigenvalue weighted by Crippen LogP contribution is -2.30. The lowest BCUT2D eigenvalue weighted by molar-refractivity contribution is -0.153. The van der Waals surface area contributed by atoms with Crippen LogP contribution >= 0.6 is 0 Å². The first kappa shape index (κ1) is 23.1. The fraction of sp³-hybridized carbons (Fsp3) is 0.238. The van der Waals surface area contributed by atoms with E-state index >= 15 is 0 Å². The van der Waals surface area contributed by atoms with Crippen molar-refractivity contribution in [3.8, 4) is 0 Å². The van der Waals surface area contributed by atoms with E-state index < -0.39 is 28.0 Å². The molecular weight excluding hydrogens is 436 g/mol. The Bertz CT molecular complexity index is 1320. The Morgan fingerprint density at radius 1 is 1.19 bits per heavy atom. The molecule has 1 amide bonds.